The highest BCUT2D eigenvalue weighted by Crippen LogP contribution is 2.23. The molecule has 1 heterocycles. The molecule has 27 heavy (non-hydrogen) atoms. The summed E-state index contributed by atoms with van der Waals surface area (Å²) in [5.41, 5.74) is 3.29. The lowest BCUT2D eigenvalue weighted by molar-refractivity contribution is 0.0934. The largest absolute Gasteiger partial charge is 0.444 e. The maximum Gasteiger partial charge on any atom is 0.273 e. The first kappa shape index (κ1) is 18.8. The van der Waals surface area contributed by atoms with E-state index in [0.29, 0.717) is 11.5 Å². The van der Waals surface area contributed by atoms with Gasteiger partial charge in [-0.05, 0) is 57.5 Å². The molecule has 0 aliphatic rings. The summed E-state index contributed by atoms with van der Waals surface area (Å²) in [6.45, 7) is 6.94. The summed E-state index contributed by atoms with van der Waals surface area (Å²) in [7, 11) is 0. The number of aryl methyl sites for hydroxylation is 2. The molecular formula is C21H20F2N2O2. The Morgan fingerprint density at radius 1 is 1.04 bits per heavy atom. The number of hydrogen-bond donors (Lipinski definition) is 1. The molecule has 1 N–H and O–H groups in total. The van der Waals surface area contributed by atoms with Crippen LogP contribution in [0.4, 0.5) is 8.78 Å². The molecule has 1 aromatic heterocycles. The monoisotopic (exact) mass is 370 g/mol. The van der Waals surface area contributed by atoms with Crippen molar-refractivity contribution in [3.05, 3.63) is 76.2 Å². The van der Waals surface area contributed by atoms with Gasteiger partial charge in [0.1, 0.15) is 17.9 Å². The maximum absolute atomic E-state index is 13.7. The lowest BCUT2D eigenvalue weighted by Gasteiger charge is -2.14. The zero-order chi connectivity index (χ0) is 19.7. The molecule has 6 heteroatoms. The number of carbonyl (C=O) groups is 1. The standard InChI is InChI=1S/C21H20F2N2O2/c1-11-5-12(2)7-16(6-11)21-25-19(10-27-21)20(26)24-14(4)15-8-17(22)13(3)18(23)9-15/h5-10,14H,1-4H3,(H,24,26). The van der Waals surface area contributed by atoms with Gasteiger partial charge in [-0.15, -0.1) is 0 Å². The number of halogens is 2. The van der Waals surface area contributed by atoms with Crippen molar-refractivity contribution in [2.24, 2.45) is 0 Å². The van der Waals surface area contributed by atoms with E-state index < -0.39 is 23.6 Å². The number of oxazole rings is 1. The fourth-order valence-corrected chi connectivity index (χ4v) is 2.88. The third-order valence-electron chi connectivity index (χ3n) is 4.36. The minimum Gasteiger partial charge on any atom is -0.444 e. The summed E-state index contributed by atoms with van der Waals surface area (Å²) in [5.74, 6) is -1.44. The predicted molar refractivity (Wildman–Crippen MR) is 98.4 cm³/mol. The first-order chi connectivity index (χ1) is 12.7. The van der Waals surface area contributed by atoms with Crippen molar-refractivity contribution in [3.8, 4) is 11.5 Å². The zero-order valence-corrected chi connectivity index (χ0v) is 15.6. The van der Waals surface area contributed by atoms with Crippen molar-refractivity contribution >= 4 is 5.91 Å². The Morgan fingerprint density at radius 3 is 2.22 bits per heavy atom. The molecule has 0 saturated heterocycles. The van der Waals surface area contributed by atoms with Crippen LogP contribution < -0.4 is 5.32 Å². The van der Waals surface area contributed by atoms with Gasteiger partial charge >= 0.3 is 0 Å². The Bertz CT molecular complexity index is 968. The molecule has 2 aromatic carbocycles. The fraction of sp³-hybridized carbons (Fsp3) is 0.238. The average Bonchev–Trinajstić information content (AvgIpc) is 3.08. The van der Waals surface area contributed by atoms with Gasteiger partial charge < -0.3 is 9.73 Å². The summed E-state index contributed by atoms with van der Waals surface area (Å²) in [5, 5.41) is 2.68. The van der Waals surface area contributed by atoms with Gasteiger partial charge in [0.15, 0.2) is 5.69 Å². The highest BCUT2D eigenvalue weighted by Gasteiger charge is 2.18. The van der Waals surface area contributed by atoms with Crippen LogP contribution in [0.5, 0.6) is 0 Å². The van der Waals surface area contributed by atoms with E-state index in [1.807, 2.05) is 32.0 Å². The van der Waals surface area contributed by atoms with E-state index >= 15 is 0 Å². The number of rotatable bonds is 4. The fourth-order valence-electron chi connectivity index (χ4n) is 2.88. The molecule has 0 aliphatic carbocycles. The van der Waals surface area contributed by atoms with Crippen LogP contribution in [-0.4, -0.2) is 10.9 Å². The van der Waals surface area contributed by atoms with Crippen LogP contribution in [-0.2, 0) is 0 Å². The summed E-state index contributed by atoms with van der Waals surface area (Å²) >= 11 is 0. The van der Waals surface area contributed by atoms with Crippen LogP contribution in [0.25, 0.3) is 11.5 Å². The molecule has 0 saturated carbocycles. The van der Waals surface area contributed by atoms with Gasteiger partial charge in [0, 0.05) is 11.1 Å². The van der Waals surface area contributed by atoms with Crippen molar-refractivity contribution in [1.82, 2.24) is 10.3 Å². The van der Waals surface area contributed by atoms with E-state index in [-0.39, 0.29) is 11.3 Å². The number of hydrogen-bond acceptors (Lipinski definition) is 3. The molecule has 3 aromatic rings. The van der Waals surface area contributed by atoms with Gasteiger partial charge in [-0.2, -0.15) is 0 Å². The molecule has 3 rings (SSSR count). The van der Waals surface area contributed by atoms with E-state index in [2.05, 4.69) is 10.3 Å². The van der Waals surface area contributed by atoms with Crippen molar-refractivity contribution in [2.75, 3.05) is 0 Å². The molecule has 0 spiro atoms. The van der Waals surface area contributed by atoms with Gasteiger partial charge in [0.25, 0.3) is 5.91 Å². The summed E-state index contributed by atoms with van der Waals surface area (Å²) in [6.07, 6.45) is 1.27. The van der Waals surface area contributed by atoms with Gasteiger partial charge in [0.05, 0.1) is 6.04 Å². The summed E-state index contributed by atoms with van der Waals surface area (Å²) in [4.78, 5) is 16.7. The molecule has 1 amide bonds. The lowest BCUT2D eigenvalue weighted by atomic mass is 10.1. The van der Waals surface area contributed by atoms with E-state index in [9.17, 15) is 13.6 Å². The molecule has 1 unspecified atom stereocenters. The minimum atomic E-state index is -0.648. The number of nitrogens with one attached hydrogen (secondary N) is 1. The lowest BCUT2D eigenvalue weighted by Crippen LogP contribution is -2.27. The number of carbonyl (C=O) groups excluding carboxylic acids is 1. The van der Waals surface area contributed by atoms with Crippen LogP contribution in [0, 0.1) is 32.4 Å². The topological polar surface area (TPSA) is 55.1 Å². The molecular weight excluding hydrogens is 350 g/mol. The van der Waals surface area contributed by atoms with Crippen molar-refractivity contribution in [2.45, 2.75) is 33.7 Å². The van der Waals surface area contributed by atoms with Gasteiger partial charge in [-0.3, -0.25) is 4.79 Å². The van der Waals surface area contributed by atoms with E-state index in [1.165, 1.54) is 25.3 Å². The smallest absolute Gasteiger partial charge is 0.273 e. The molecule has 0 aliphatic heterocycles. The third kappa shape index (κ3) is 4.05. The quantitative estimate of drug-likeness (QED) is 0.700. The number of nitrogens with zero attached hydrogens (tertiary/aromatic N) is 1. The molecule has 0 fully saturated rings. The van der Waals surface area contributed by atoms with Crippen molar-refractivity contribution in [1.29, 1.82) is 0 Å². The summed E-state index contributed by atoms with van der Waals surface area (Å²) in [6, 6.07) is 7.70. The predicted octanol–water partition coefficient (Wildman–Crippen LogP) is 5.04. The second-order valence-corrected chi connectivity index (χ2v) is 6.72. The van der Waals surface area contributed by atoms with Crippen molar-refractivity contribution < 1.29 is 18.0 Å². The second-order valence-electron chi connectivity index (χ2n) is 6.72. The average molecular weight is 370 g/mol. The molecule has 140 valence electrons. The number of amides is 1. The van der Waals surface area contributed by atoms with Gasteiger partial charge in [0.2, 0.25) is 5.89 Å². The number of aromatic nitrogens is 1. The van der Waals surface area contributed by atoms with E-state index in [1.54, 1.807) is 6.92 Å². The van der Waals surface area contributed by atoms with Crippen LogP contribution in [0.1, 0.15) is 45.7 Å². The first-order valence-electron chi connectivity index (χ1n) is 8.55. The first-order valence-corrected chi connectivity index (χ1v) is 8.55. The normalized spacial score (nSPS) is 12.1. The SMILES string of the molecule is Cc1cc(C)cc(-c2nc(C(=O)NC(C)c3cc(F)c(C)c(F)c3)co2)c1. The van der Waals surface area contributed by atoms with Gasteiger partial charge in [-0.1, -0.05) is 17.2 Å². The zero-order valence-electron chi connectivity index (χ0n) is 15.6. The Morgan fingerprint density at radius 2 is 1.63 bits per heavy atom. The maximum atomic E-state index is 13.7. The summed E-state index contributed by atoms with van der Waals surface area (Å²) < 4.78 is 32.9. The van der Waals surface area contributed by atoms with Crippen LogP contribution in [0.2, 0.25) is 0 Å². The molecule has 0 bridgehead atoms. The van der Waals surface area contributed by atoms with Crippen LogP contribution in [0.3, 0.4) is 0 Å². The Hall–Kier alpha value is -3.02. The molecule has 1 atom stereocenters. The minimum absolute atomic E-state index is 0.0492. The van der Waals surface area contributed by atoms with Crippen LogP contribution >= 0.6 is 0 Å². The van der Waals surface area contributed by atoms with Gasteiger partial charge in [-0.25, -0.2) is 13.8 Å². The number of benzene rings is 2. The molecule has 0 radical (unpaired) electrons. The van der Waals surface area contributed by atoms with E-state index in [4.69, 9.17) is 4.42 Å². The second kappa shape index (κ2) is 7.31. The highest BCUT2D eigenvalue weighted by atomic mass is 19.1. The molecule has 4 nitrogen and oxygen atoms in total. The Kier molecular flexibility index (Phi) is 5.08. The van der Waals surface area contributed by atoms with E-state index in [0.717, 1.165) is 16.7 Å². The van der Waals surface area contributed by atoms with Crippen molar-refractivity contribution in [3.63, 3.8) is 0 Å². The Balaban J connectivity index is 1.78. The van der Waals surface area contributed by atoms with Crippen LogP contribution in [0.15, 0.2) is 41.0 Å². The highest BCUT2D eigenvalue weighted by molar-refractivity contribution is 5.92. The Labute approximate surface area is 156 Å². The third-order valence-corrected chi connectivity index (χ3v) is 4.36.